The van der Waals surface area contributed by atoms with E-state index in [1.54, 1.807) is 0 Å². The quantitative estimate of drug-likeness (QED) is 0.123. The maximum absolute atomic E-state index is 9.16. The van der Waals surface area contributed by atoms with E-state index in [-0.39, 0.29) is 56.2 Å². The van der Waals surface area contributed by atoms with Crippen molar-refractivity contribution >= 4 is 32.8 Å². The molecule has 9 aromatic carbocycles. The Kier molecular flexibility index (Phi) is 10.4. The minimum atomic E-state index is -0.576. The molecule has 74 heavy (non-hydrogen) atoms. The zero-order valence-corrected chi connectivity index (χ0v) is 44.1. The van der Waals surface area contributed by atoms with Gasteiger partial charge in [-0.3, -0.25) is 4.57 Å². The molecule has 5 nitrogen and oxygen atoms in total. The third kappa shape index (κ3) is 7.98. The molecule has 0 fully saturated rings. The third-order valence-corrected chi connectivity index (χ3v) is 14.1. The minimum absolute atomic E-state index is 0. The Labute approximate surface area is 452 Å². The van der Waals surface area contributed by atoms with Crippen LogP contribution in [0.3, 0.4) is 0 Å². The molecule has 0 amide bonds. The van der Waals surface area contributed by atoms with Crippen molar-refractivity contribution in [1.29, 1.82) is 0 Å². The Morgan fingerprint density at radius 3 is 1.85 bits per heavy atom. The number of nitrogens with zero attached hydrogens (tertiary/aromatic N) is 4. The van der Waals surface area contributed by atoms with Gasteiger partial charge in [0.15, 0.2) is 0 Å². The molecule has 0 unspecified atom stereocenters. The summed E-state index contributed by atoms with van der Waals surface area (Å²) in [5.41, 5.74) is 15.9. The minimum Gasteiger partial charge on any atom is -0.510 e. The molecule has 4 heterocycles. The topological polar surface area (TPSA) is 35.9 Å². The van der Waals surface area contributed by atoms with Crippen molar-refractivity contribution in [1.82, 2.24) is 14.1 Å². The fourth-order valence-electron chi connectivity index (χ4n) is 10.4. The summed E-state index contributed by atoms with van der Waals surface area (Å²) in [5, 5.41) is 1.71. The fraction of sp³-hybridized carbons (Fsp3) is 0.118. The van der Waals surface area contributed by atoms with Crippen LogP contribution in [-0.4, -0.2) is 14.1 Å². The average molecular weight is 1140 g/mol. The molecule has 0 spiro atoms. The second kappa shape index (κ2) is 18.1. The van der Waals surface area contributed by atoms with Crippen molar-refractivity contribution < 1.29 is 35.9 Å². The van der Waals surface area contributed by atoms with Gasteiger partial charge in [0.05, 0.1) is 22.2 Å². The van der Waals surface area contributed by atoms with E-state index in [0.29, 0.717) is 28.4 Å². The average Bonchev–Trinajstić information content (AvgIpc) is 4.18. The van der Waals surface area contributed by atoms with Crippen molar-refractivity contribution in [2.45, 2.75) is 52.4 Å². The van der Waals surface area contributed by atoms with Crippen molar-refractivity contribution in [3.8, 4) is 84.3 Å². The molecule has 12 aromatic rings. The smallest absolute Gasteiger partial charge is 0.268 e. The van der Waals surface area contributed by atoms with E-state index in [9.17, 15) is 0 Å². The van der Waals surface area contributed by atoms with Gasteiger partial charge in [0, 0.05) is 44.3 Å². The van der Waals surface area contributed by atoms with Crippen LogP contribution in [0.2, 0.25) is 0 Å². The monoisotopic (exact) mass is 1140 g/mol. The van der Waals surface area contributed by atoms with Gasteiger partial charge in [-0.25, -0.2) is 4.98 Å². The summed E-state index contributed by atoms with van der Waals surface area (Å²) in [7, 11) is 0. The van der Waals surface area contributed by atoms with Crippen LogP contribution in [0.1, 0.15) is 58.2 Å². The Bertz CT molecular complexity index is 4370. The molecule has 3 aromatic heterocycles. The normalized spacial score (nSPS) is 12.8. The number of hydrogen-bond acceptors (Lipinski definition) is 2. The van der Waals surface area contributed by atoms with E-state index >= 15 is 0 Å². The summed E-state index contributed by atoms with van der Waals surface area (Å²) in [6.07, 6.45) is 5.70. The SMILES string of the molecule is [2H]c1c([2H])c(C(C)(C)C)c([2H])c([2H])c1-c1ccc2c(c1)c1ccc(Oc3[c-]c(-n4[c-][n+]5c6c(cccc64)-c4ccccc4-c4ccccc4-c4cccc(-c6ccccc6)c4-5)ccc3)[c-]c1n2-c1cc(C(C)(C)C)ccn1.[Pt]. The standard InChI is InChI=1S/C68H52N4O.Pt/c1-67(2,3)47-32-29-44(30-33-47)46-31-36-61-60(39-46)57-35-34-51(42-63(57)72(61)64-40-48(37-38-69-64)68(4,5)6)73-50-20-14-19-49(41-50)70-43-71-65-52(45-17-8-7-9-18-45)25-15-26-58(65)55-23-12-10-21-53(55)54-22-11-13-24-56(54)59-27-16-28-62(70)66(59)71;/h7-40H,1-6H3;/q-2;/i29D,30D,32D,33D;. The molecule has 1 aliphatic rings. The second-order valence-corrected chi connectivity index (χ2v) is 20.9. The number of benzene rings is 9. The molecule has 0 bridgehead atoms. The van der Waals surface area contributed by atoms with Crippen LogP contribution >= 0.6 is 0 Å². The summed E-state index contributed by atoms with van der Waals surface area (Å²) in [5.74, 6) is 1.66. The van der Waals surface area contributed by atoms with Crippen LogP contribution in [0, 0.1) is 18.5 Å². The van der Waals surface area contributed by atoms with E-state index in [0.717, 1.165) is 94.3 Å². The zero-order chi connectivity index (χ0) is 53.1. The van der Waals surface area contributed by atoms with Crippen LogP contribution < -0.4 is 9.30 Å². The number of ether oxygens (including phenoxy) is 1. The molecule has 362 valence electrons. The van der Waals surface area contributed by atoms with Crippen molar-refractivity contribution in [2.75, 3.05) is 0 Å². The van der Waals surface area contributed by atoms with Crippen molar-refractivity contribution in [3.05, 3.63) is 236 Å². The van der Waals surface area contributed by atoms with Gasteiger partial charge in [-0.1, -0.05) is 199 Å². The third-order valence-electron chi connectivity index (χ3n) is 14.1. The first-order valence-electron chi connectivity index (χ1n) is 26.8. The Balaban J connectivity index is 0.00000609. The molecular weight excluding hydrogens is 1080 g/mol. The molecule has 0 aliphatic carbocycles. The number of para-hydroxylation sites is 2. The van der Waals surface area contributed by atoms with Crippen LogP contribution in [-0.2, 0) is 31.9 Å². The predicted octanol–water partition coefficient (Wildman–Crippen LogP) is 16.8. The second-order valence-electron chi connectivity index (χ2n) is 20.9. The van der Waals surface area contributed by atoms with Crippen LogP contribution in [0.25, 0.3) is 106 Å². The maximum atomic E-state index is 9.16. The summed E-state index contributed by atoms with van der Waals surface area (Å²) in [4.78, 5) is 4.92. The van der Waals surface area contributed by atoms with Crippen LogP contribution in [0.4, 0.5) is 0 Å². The van der Waals surface area contributed by atoms with E-state index in [1.165, 1.54) is 0 Å². The molecule has 0 saturated heterocycles. The first kappa shape index (κ1) is 42.4. The number of hydrogen-bond donors (Lipinski definition) is 0. The molecule has 6 heteroatoms. The summed E-state index contributed by atoms with van der Waals surface area (Å²) >= 11 is 0. The molecule has 0 N–H and O–H groups in total. The fourth-order valence-corrected chi connectivity index (χ4v) is 10.4. The van der Waals surface area contributed by atoms with Gasteiger partial charge < -0.3 is 13.9 Å². The summed E-state index contributed by atoms with van der Waals surface area (Å²) < 4.78 is 49.5. The maximum Gasteiger partial charge on any atom is 0.268 e. The zero-order valence-electron chi connectivity index (χ0n) is 45.8. The molecule has 0 atom stereocenters. The van der Waals surface area contributed by atoms with Gasteiger partial charge in [0.1, 0.15) is 5.82 Å². The molecule has 13 rings (SSSR count). The number of aromatic nitrogens is 4. The Hall–Kier alpha value is -8.11. The van der Waals surface area contributed by atoms with Gasteiger partial charge in [-0.05, 0) is 107 Å². The summed E-state index contributed by atoms with van der Waals surface area (Å²) in [6, 6.07) is 67.8. The Morgan fingerprint density at radius 2 is 1.12 bits per heavy atom. The van der Waals surface area contributed by atoms with Gasteiger partial charge in [-0.2, -0.15) is 18.2 Å². The van der Waals surface area contributed by atoms with Crippen molar-refractivity contribution in [2.24, 2.45) is 0 Å². The van der Waals surface area contributed by atoms with Gasteiger partial charge >= 0.3 is 0 Å². The number of rotatable bonds is 6. The van der Waals surface area contributed by atoms with E-state index in [4.69, 9.17) is 15.2 Å². The van der Waals surface area contributed by atoms with Gasteiger partial charge in [-0.15, -0.1) is 29.7 Å². The summed E-state index contributed by atoms with van der Waals surface area (Å²) in [6.45, 7) is 12.3. The van der Waals surface area contributed by atoms with Crippen molar-refractivity contribution in [3.63, 3.8) is 0 Å². The molecular formula is C68H52N4OPt-2. The Morgan fingerprint density at radius 1 is 0.500 bits per heavy atom. The number of imidazole rings is 1. The van der Waals surface area contributed by atoms with Crippen LogP contribution in [0.15, 0.2) is 206 Å². The first-order valence-corrected chi connectivity index (χ1v) is 24.8. The first-order chi connectivity index (χ1) is 37.1. The largest absolute Gasteiger partial charge is 0.510 e. The number of fused-ring (bicyclic) bond motifs is 10. The van der Waals surface area contributed by atoms with Gasteiger partial charge in [0.2, 0.25) is 0 Å². The molecule has 0 saturated carbocycles. The number of pyridine rings is 1. The van der Waals surface area contributed by atoms with Gasteiger partial charge in [0.25, 0.3) is 6.33 Å². The van der Waals surface area contributed by atoms with E-state index in [1.807, 2.05) is 81.6 Å². The van der Waals surface area contributed by atoms with E-state index in [2.05, 4.69) is 174 Å². The molecule has 1 aliphatic heterocycles. The molecule has 0 radical (unpaired) electrons. The van der Waals surface area contributed by atoms with Crippen LogP contribution in [0.5, 0.6) is 11.5 Å². The predicted molar refractivity (Wildman–Crippen MR) is 298 cm³/mol. The van der Waals surface area contributed by atoms with E-state index < -0.39 is 5.41 Å².